The standard InChI is InChI=1S/C37H54N4O7/c1-11-13-17-25(42)31(44)22(15-12-2)19-26(43)30-28-23(37(28,8)9)20-41(30)34(46)33(36(5,6)7)40-35(47)39-29(21(3)4)32(45)24-16-14-18-27(38-24)48-10/h11,14,16,18,21-23,28-30,33H,1,12-13,15,17,19-20H2,2-10H3,(H2,39,40,47)/t22?,23-,28-,29-,30+,33+/m0/s1. The highest BCUT2D eigenvalue weighted by molar-refractivity contribution is 6.38. The first-order chi connectivity index (χ1) is 22.4. The van der Waals surface area contributed by atoms with E-state index in [1.165, 1.54) is 7.11 Å². The Bertz CT molecular complexity index is 1410. The van der Waals surface area contributed by atoms with Crippen molar-refractivity contribution < 1.29 is 33.5 Å². The smallest absolute Gasteiger partial charge is 0.316 e. The average Bonchev–Trinajstić information content (AvgIpc) is 3.34. The molecular formula is C37H54N4O7. The van der Waals surface area contributed by atoms with Gasteiger partial charge in [-0.25, -0.2) is 9.78 Å². The number of allylic oxidation sites excluding steroid dienone is 1. The number of likely N-dealkylation sites (tertiary alicyclic amines) is 1. The van der Waals surface area contributed by atoms with E-state index in [1.54, 1.807) is 43.0 Å². The van der Waals surface area contributed by atoms with E-state index in [4.69, 9.17) is 4.74 Å². The lowest BCUT2D eigenvalue weighted by Gasteiger charge is -2.38. The fraction of sp³-hybridized carbons (Fsp3) is 0.649. The Kier molecular flexibility index (Phi) is 12.5. The number of urea groups is 1. The highest BCUT2D eigenvalue weighted by Crippen LogP contribution is 2.65. The summed E-state index contributed by atoms with van der Waals surface area (Å²) in [6.07, 6.45) is 2.94. The van der Waals surface area contributed by atoms with Crippen LogP contribution in [0.1, 0.15) is 98.0 Å². The normalized spacial score (nSPS) is 21.4. The zero-order valence-corrected chi connectivity index (χ0v) is 30.1. The first kappa shape index (κ1) is 38.6. The second-order valence-electron chi connectivity index (χ2n) is 15.2. The van der Waals surface area contributed by atoms with Gasteiger partial charge in [-0.3, -0.25) is 24.0 Å². The molecule has 0 aromatic carbocycles. The summed E-state index contributed by atoms with van der Waals surface area (Å²) >= 11 is 0. The van der Waals surface area contributed by atoms with E-state index < -0.39 is 58.7 Å². The van der Waals surface area contributed by atoms with Crippen molar-refractivity contribution in [2.24, 2.45) is 34.5 Å². The van der Waals surface area contributed by atoms with Crippen LogP contribution in [0.25, 0.3) is 0 Å². The Balaban J connectivity index is 1.83. The van der Waals surface area contributed by atoms with E-state index in [2.05, 4.69) is 36.0 Å². The average molecular weight is 667 g/mol. The molecule has 1 saturated carbocycles. The highest BCUT2D eigenvalue weighted by atomic mass is 16.5. The Morgan fingerprint density at radius 3 is 2.35 bits per heavy atom. The van der Waals surface area contributed by atoms with Crippen LogP contribution in [-0.4, -0.2) is 76.7 Å². The second-order valence-corrected chi connectivity index (χ2v) is 15.2. The third-order valence-corrected chi connectivity index (χ3v) is 9.94. The number of hydrogen-bond donors (Lipinski definition) is 2. The molecule has 48 heavy (non-hydrogen) atoms. The fourth-order valence-electron chi connectivity index (χ4n) is 6.99. The molecule has 0 spiro atoms. The summed E-state index contributed by atoms with van der Waals surface area (Å²) in [5.74, 6) is -2.85. The molecule has 0 bridgehead atoms. The van der Waals surface area contributed by atoms with Crippen LogP contribution >= 0.6 is 0 Å². The quantitative estimate of drug-likeness (QED) is 0.134. The number of ether oxygens (including phenoxy) is 1. The Hall–Kier alpha value is -3.89. The molecule has 6 atom stereocenters. The molecule has 1 aromatic heterocycles. The van der Waals surface area contributed by atoms with Crippen molar-refractivity contribution in [1.29, 1.82) is 0 Å². The third kappa shape index (κ3) is 8.57. The van der Waals surface area contributed by atoms with Gasteiger partial charge >= 0.3 is 6.03 Å². The van der Waals surface area contributed by atoms with Crippen molar-refractivity contribution in [2.75, 3.05) is 13.7 Å². The van der Waals surface area contributed by atoms with Crippen LogP contribution in [0.4, 0.5) is 4.79 Å². The SMILES string of the molecule is C=CCCC(=O)C(=O)C(CCC)CC(=O)[C@@H]1[C@@H]2[C@H](CN1C(=O)[C@@H](NC(=O)N[C@H](C(=O)c1cccc(OC)n1)C(C)C)C(C)(C)C)C2(C)C. The molecule has 1 saturated heterocycles. The number of nitrogens with zero attached hydrogens (tertiary/aromatic N) is 2. The van der Waals surface area contributed by atoms with Gasteiger partial charge in [0, 0.05) is 31.4 Å². The van der Waals surface area contributed by atoms with Gasteiger partial charge in [-0.2, -0.15) is 0 Å². The molecule has 2 N–H and O–H groups in total. The van der Waals surface area contributed by atoms with Gasteiger partial charge in [0.05, 0.1) is 19.2 Å². The summed E-state index contributed by atoms with van der Waals surface area (Å²) in [5, 5.41) is 5.56. The lowest BCUT2D eigenvalue weighted by molar-refractivity contribution is -0.144. The zero-order chi connectivity index (χ0) is 36.1. The van der Waals surface area contributed by atoms with Gasteiger partial charge in [0.15, 0.2) is 11.6 Å². The maximum atomic E-state index is 14.3. The monoisotopic (exact) mass is 666 g/mol. The van der Waals surface area contributed by atoms with Gasteiger partial charge in [-0.1, -0.05) is 74.0 Å². The van der Waals surface area contributed by atoms with Gasteiger partial charge in [0.25, 0.3) is 0 Å². The topological polar surface area (TPSA) is 152 Å². The van der Waals surface area contributed by atoms with Crippen molar-refractivity contribution >= 4 is 35.1 Å². The summed E-state index contributed by atoms with van der Waals surface area (Å²) in [6.45, 7) is 19.1. The largest absolute Gasteiger partial charge is 0.481 e. The third-order valence-electron chi connectivity index (χ3n) is 9.94. The number of amides is 3. The fourth-order valence-corrected chi connectivity index (χ4v) is 6.99. The summed E-state index contributed by atoms with van der Waals surface area (Å²) in [4.78, 5) is 86.7. The van der Waals surface area contributed by atoms with Crippen LogP contribution < -0.4 is 15.4 Å². The van der Waals surface area contributed by atoms with Gasteiger partial charge in [-0.15, -0.1) is 6.58 Å². The van der Waals surface area contributed by atoms with E-state index in [9.17, 15) is 28.8 Å². The van der Waals surface area contributed by atoms with E-state index in [0.717, 1.165) is 0 Å². The number of ketones is 4. The van der Waals surface area contributed by atoms with Crippen molar-refractivity contribution in [3.05, 3.63) is 36.5 Å². The number of nitrogens with one attached hydrogen (secondary N) is 2. The molecule has 2 heterocycles. The number of carbonyl (C=O) groups is 6. The maximum Gasteiger partial charge on any atom is 0.316 e. The summed E-state index contributed by atoms with van der Waals surface area (Å²) < 4.78 is 5.15. The highest BCUT2D eigenvalue weighted by Gasteiger charge is 2.69. The van der Waals surface area contributed by atoms with Crippen molar-refractivity contribution in [3.8, 4) is 5.88 Å². The lowest BCUT2D eigenvalue weighted by atomic mass is 9.83. The number of Topliss-reactive ketones (excluding diaryl/α,β-unsaturated/α-hetero) is 4. The van der Waals surface area contributed by atoms with Crippen LogP contribution in [0, 0.1) is 34.5 Å². The van der Waals surface area contributed by atoms with Crippen LogP contribution in [0.3, 0.4) is 0 Å². The molecule has 0 radical (unpaired) electrons. The van der Waals surface area contributed by atoms with Gasteiger partial charge in [0.1, 0.15) is 11.7 Å². The Morgan fingerprint density at radius 2 is 1.79 bits per heavy atom. The van der Waals surface area contributed by atoms with Gasteiger partial charge in [-0.05, 0) is 47.5 Å². The molecule has 2 aliphatic rings. The molecule has 264 valence electrons. The minimum Gasteiger partial charge on any atom is -0.481 e. The molecule has 11 nitrogen and oxygen atoms in total. The Morgan fingerprint density at radius 1 is 1.12 bits per heavy atom. The second kappa shape index (κ2) is 15.6. The first-order valence-electron chi connectivity index (χ1n) is 17.0. The molecule has 1 aliphatic carbocycles. The zero-order valence-electron chi connectivity index (χ0n) is 30.1. The number of hydrogen-bond acceptors (Lipinski definition) is 8. The van der Waals surface area contributed by atoms with E-state index in [-0.39, 0.29) is 53.4 Å². The molecule has 1 aromatic rings. The minimum atomic E-state index is -1.03. The molecule has 11 heteroatoms. The predicted octanol–water partition coefficient (Wildman–Crippen LogP) is 4.97. The predicted molar refractivity (Wildman–Crippen MR) is 182 cm³/mol. The van der Waals surface area contributed by atoms with Crippen LogP contribution in [-0.2, 0) is 19.2 Å². The number of piperidine rings is 1. The maximum absolute atomic E-state index is 14.3. The molecule has 1 unspecified atom stereocenters. The molecular weight excluding hydrogens is 612 g/mol. The molecule has 3 rings (SSSR count). The minimum absolute atomic E-state index is 0.0584. The van der Waals surface area contributed by atoms with Crippen molar-refractivity contribution in [1.82, 2.24) is 20.5 Å². The van der Waals surface area contributed by atoms with Crippen LogP contribution in [0.2, 0.25) is 0 Å². The molecule has 2 fully saturated rings. The first-order valence-corrected chi connectivity index (χ1v) is 17.0. The summed E-state index contributed by atoms with van der Waals surface area (Å²) in [6, 6.07) is 1.38. The lowest BCUT2D eigenvalue weighted by Crippen LogP contribution is -2.61. The van der Waals surface area contributed by atoms with E-state index in [1.807, 2.05) is 27.7 Å². The molecule has 1 aliphatic heterocycles. The van der Waals surface area contributed by atoms with E-state index >= 15 is 0 Å². The number of aromatic nitrogens is 1. The van der Waals surface area contributed by atoms with Crippen molar-refractivity contribution in [2.45, 2.75) is 106 Å². The van der Waals surface area contributed by atoms with Gasteiger partial charge in [0.2, 0.25) is 23.4 Å². The number of carbonyl (C=O) groups excluding carboxylic acids is 6. The van der Waals surface area contributed by atoms with Crippen LogP contribution in [0.15, 0.2) is 30.9 Å². The number of pyridine rings is 1. The van der Waals surface area contributed by atoms with Crippen LogP contribution in [0.5, 0.6) is 5.88 Å². The molecule has 3 amide bonds. The Labute approximate surface area is 285 Å². The van der Waals surface area contributed by atoms with Gasteiger partial charge < -0.3 is 20.3 Å². The van der Waals surface area contributed by atoms with E-state index in [0.29, 0.717) is 25.8 Å². The number of methoxy groups -OCH3 is 1. The van der Waals surface area contributed by atoms with Crippen molar-refractivity contribution in [3.63, 3.8) is 0 Å². The summed E-state index contributed by atoms with van der Waals surface area (Å²) in [7, 11) is 1.45. The number of fused-ring (bicyclic) bond motifs is 1. The number of rotatable bonds is 17. The summed E-state index contributed by atoms with van der Waals surface area (Å²) in [5.41, 5.74) is -0.782.